The van der Waals surface area contributed by atoms with Gasteiger partial charge < -0.3 is 14.4 Å². The molecule has 0 fully saturated rings. The Morgan fingerprint density at radius 1 is 0.936 bits per heavy atom. The van der Waals surface area contributed by atoms with Gasteiger partial charge in [0.05, 0.1) is 30.1 Å². The van der Waals surface area contributed by atoms with Crippen molar-refractivity contribution in [2.75, 3.05) is 6.61 Å². The highest BCUT2D eigenvalue weighted by atomic mass is 19.4. The third kappa shape index (κ3) is 5.89. The molecule has 0 aliphatic carbocycles. The molecule has 6 rings (SSSR count). The molecule has 1 atom stereocenters. The lowest BCUT2D eigenvalue weighted by Gasteiger charge is -2.29. The number of carbonyl (C=O) groups is 1. The zero-order chi connectivity index (χ0) is 33.3. The van der Waals surface area contributed by atoms with Gasteiger partial charge in [0, 0.05) is 18.1 Å². The van der Waals surface area contributed by atoms with Crippen molar-refractivity contribution in [1.82, 2.24) is 24.9 Å². The van der Waals surface area contributed by atoms with E-state index in [0.29, 0.717) is 12.0 Å². The third-order valence-corrected chi connectivity index (χ3v) is 7.47. The number of carboxylic acids is 1. The van der Waals surface area contributed by atoms with Gasteiger partial charge in [0.15, 0.2) is 23.2 Å². The van der Waals surface area contributed by atoms with Crippen LogP contribution in [0.2, 0.25) is 0 Å². The van der Waals surface area contributed by atoms with Crippen LogP contribution in [0.1, 0.15) is 30.2 Å². The number of aliphatic carboxylic acids is 1. The molecule has 3 heterocycles. The summed E-state index contributed by atoms with van der Waals surface area (Å²) in [6, 6.07) is 16.5. The minimum absolute atomic E-state index is 0.0111. The first-order chi connectivity index (χ1) is 22.5. The van der Waals surface area contributed by atoms with E-state index in [0.717, 1.165) is 22.9 Å². The average molecular weight is 650 g/mol. The van der Waals surface area contributed by atoms with Gasteiger partial charge in [-0.1, -0.05) is 48.5 Å². The lowest BCUT2D eigenvalue weighted by Crippen LogP contribution is -2.46. The Labute approximate surface area is 263 Å². The maximum absolute atomic E-state index is 14.5. The summed E-state index contributed by atoms with van der Waals surface area (Å²) in [5, 5.41) is 19.0. The van der Waals surface area contributed by atoms with Crippen molar-refractivity contribution in [3.05, 3.63) is 114 Å². The van der Waals surface area contributed by atoms with E-state index in [1.54, 1.807) is 30.3 Å². The maximum Gasteiger partial charge on any atom is 0.417 e. The number of rotatable bonds is 10. The summed E-state index contributed by atoms with van der Waals surface area (Å²) >= 11 is 0. The van der Waals surface area contributed by atoms with Crippen molar-refractivity contribution in [3.63, 3.8) is 0 Å². The Bertz CT molecular complexity index is 2030. The maximum atomic E-state index is 14.5. The van der Waals surface area contributed by atoms with Crippen molar-refractivity contribution in [2.24, 2.45) is 0 Å². The molecular formula is C33H24F5N5O4. The first kappa shape index (κ1) is 31.3. The summed E-state index contributed by atoms with van der Waals surface area (Å²) in [7, 11) is 0. The smallest absolute Gasteiger partial charge is 0.417 e. The number of benzene rings is 3. The SMILES string of the molecule is CCCOc1ccc(-c2cc(C(Cc3ccccc3)(C(=O)O)n3cc4nc(-c5cccc(F)c5F)nc-4cn3)on2)c(C(F)(F)F)c1. The van der Waals surface area contributed by atoms with E-state index in [1.165, 1.54) is 36.7 Å². The number of ether oxygens (including phenoxy) is 1. The lowest BCUT2D eigenvalue weighted by molar-refractivity contribution is -0.147. The topological polar surface area (TPSA) is 116 Å². The monoisotopic (exact) mass is 649 g/mol. The molecule has 1 N–H and O–H groups in total. The van der Waals surface area contributed by atoms with Gasteiger partial charge >= 0.3 is 12.1 Å². The number of halogens is 5. The molecule has 0 amide bonds. The molecule has 47 heavy (non-hydrogen) atoms. The number of aromatic nitrogens is 5. The normalized spacial score (nSPS) is 13.1. The molecule has 2 aliphatic heterocycles. The zero-order valence-corrected chi connectivity index (χ0v) is 24.5. The summed E-state index contributed by atoms with van der Waals surface area (Å²) in [6.45, 7) is 2.03. The van der Waals surface area contributed by atoms with Crippen LogP contribution in [0, 0.1) is 11.6 Å². The summed E-state index contributed by atoms with van der Waals surface area (Å²) in [4.78, 5) is 21.8. The van der Waals surface area contributed by atoms with Crippen molar-refractivity contribution in [2.45, 2.75) is 31.5 Å². The molecule has 0 saturated heterocycles. The highest BCUT2D eigenvalue weighted by Gasteiger charge is 2.48. The first-order valence-electron chi connectivity index (χ1n) is 14.3. The van der Waals surface area contributed by atoms with Crippen LogP contribution in [0.25, 0.3) is 34.0 Å². The van der Waals surface area contributed by atoms with Crippen LogP contribution < -0.4 is 4.74 Å². The molecule has 4 aromatic rings. The first-order valence-corrected chi connectivity index (χ1v) is 14.3. The van der Waals surface area contributed by atoms with Crippen LogP contribution >= 0.6 is 0 Å². The van der Waals surface area contributed by atoms with Crippen LogP contribution in [-0.2, 0) is 22.9 Å². The van der Waals surface area contributed by atoms with E-state index in [4.69, 9.17) is 9.26 Å². The summed E-state index contributed by atoms with van der Waals surface area (Å²) in [6.07, 6.45) is -2.06. The lowest BCUT2D eigenvalue weighted by atomic mass is 9.87. The van der Waals surface area contributed by atoms with Gasteiger partial charge in [-0.15, -0.1) is 0 Å². The molecule has 0 saturated carbocycles. The fraction of sp³-hybridized carbons (Fsp3) is 0.182. The molecule has 1 unspecified atom stereocenters. The van der Waals surface area contributed by atoms with Crippen molar-refractivity contribution in [1.29, 1.82) is 0 Å². The average Bonchev–Trinajstić information content (AvgIpc) is 3.71. The fourth-order valence-electron chi connectivity index (χ4n) is 5.17. The summed E-state index contributed by atoms with van der Waals surface area (Å²) < 4.78 is 83.0. The van der Waals surface area contributed by atoms with Crippen molar-refractivity contribution in [3.8, 4) is 39.8 Å². The van der Waals surface area contributed by atoms with E-state index >= 15 is 0 Å². The van der Waals surface area contributed by atoms with E-state index in [-0.39, 0.29) is 58.6 Å². The highest BCUT2D eigenvalue weighted by molar-refractivity contribution is 5.82. The van der Waals surface area contributed by atoms with E-state index < -0.39 is 34.9 Å². The third-order valence-electron chi connectivity index (χ3n) is 7.47. The number of alkyl halides is 3. The number of imidazole rings is 1. The standard InChI is InChI=1S/C33H24F5N5O4/c1-2-13-46-20-11-12-21(23(14-20)33(36,37)38)25-15-28(47-42-25)32(31(44)45,16-19-7-4-3-5-8-19)43-18-27-26(17-39-43)40-30(41-27)22-9-6-10-24(34)29(22)35/h3-12,14-15,17-18H,2,13,16H2,1H3,(H,44,45). The van der Waals surface area contributed by atoms with E-state index in [2.05, 4.69) is 20.2 Å². The van der Waals surface area contributed by atoms with Crippen molar-refractivity contribution >= 4 is 5.97 Å². The molecule has 14 heteroatoms. The quantitative estimate of drug-likeness (QED) is 0.154. The molecule has 0 radical (unpaired) electrons. The van der Waals surface area contributed by atoms with Gasteiger partial charge in [-0.3, -0.25) is 0 Å². The largest absolute Gasteiger partial charge is 0.494 e. The van der Waals surface area contributed by atoms with Crippen LogP contribution in [-0.4, -0.2) is 42.6 Å². The number of hydrogen-bond acceptors (Lipinski definition) is 7. The highest BCUT2D eigenvalue weighted by Crippen LogP contribution is 2.41. The number of hydrogen-bond donors (Lipinski definition) is 1. The molecule has 240 valence electrons. The molecule has 2 aliphatic rings. The van der Waals surface area contributed by atoms with Crippen LogP contribution in [0.5, 0.6) is 5.75 Å². The Balaban J connectivity index is 1.50. The molecule has 1 aromatic heterocycles. The minimum atomic E-state index is -4.80. The van der Waals surface area contributed by atoms with Gasteiger partial charge in [0.2, 0.25) is 5.54 Å². The second-order valence-corrected chi connectivity index (χ2v) is 10.6. The number of fused-ring (bicyclic) bond motifs is 1. The summed E-state index contributed by atoms with van der Waals surface area (Å²) in [5.74, 6) is -4.22. The Morgan fingerprint density at radius 2 is 1.70 bits per heavy atom. The Kier molecular flexibility index (Phi) is 8.18. The molecule has 3 aromatic carbocycles. The van der Waals surface area contributed by atoms with Crippen LogP contribution in [0.3, 0.4) is 0 Å². The van der Waals surface area contributed by atoms with Gasteiger partial charge in [-0.05, 0) is 42.3 Å². The predicted molar refractivity (Wildman–Crippen MR) is 157 cm³/mol. The molecular weight excluding hydrogens is 625 g/mol. The number of nitrogens with zero attached hydrogens (tertiary/aromatic N) is 5. The fourth-order valence-corrected chi connectivity index (χ4v) is 5.17. The Hall–Kier alpha value is -5.66. The van der Waals surface area contributed by atoms with Gasteiger partial charge in [-0.25, -0.2) is 28.2 Å². The summed E-state index contributed by atoms with van der Waals surface area (Å²) in [5.41, 5.74) is -3.34. The van der Waals surface area contributed by atoms with E-state index in [9.17, 15) is 31.9 Å². The predicted octanol–water partition coefficient (Wildman–Crippen LogP) is 7.26. The second kappa shape index (κ2) is 12.3. The van der Waals surface area contributed by atoms with Gasteiger partial charge in [0.1, 0.15) is 22.8 Å². The molecule has 0 spiro atoms. The second-order valence-electron chi connectivity index (χ2n) is 10.6. The van der Waals surface area contributed by atoms with E-state index in [1.807, 2.05) is 6.92 Å². The molecule has 9 nitrogen and oxygen atoms in total. The van der Waals surface area contributed by atoms with Crippen LogP contribution in [0.15, 0.2) is 89.7 Å². The minimum Gasteiger partial charge on any atom is -0.494 e. The van der Waals surface area contributed by atoms with Gasteiger partial charge in [0.25, 0.3) is 0 Å². The zero-order valence-electron chi connectivity index (χ0n) is 24.5. The van der Waals surface area contributed by atoms with Crippen molar-refractivity contribution < 1.29 is 41.1 Å². The Morgan fingerprint density at radius 3 is 2.43 bits per heavy atom. The number of carboxylic acid groups (broad SMARTS) is 1. The molecule has 0 bridgehead atoms. The van der Waals surface area contributed by atoms with Gasteiger partial charge in [-0.2, -0.15) is 18.3 Å². The van der Waals surface area contributed by atoms with Crippen LogP contribution in [0.4, 0.5) is 22.0 Å².